The standard InChI is InChI=1S/C12H18N6S/c1-5-6-13-11-14-8(2)7-10(15-11)19-12-17-16-9(3)18(12)4/h7H,5-6H2,1-4H3,(H,13,14,15). The van der Waals surface area contributed by atoms with Gasteiger partial charge in [-0.2, -0.15) is 0 Å². The Morgan fingerprint density at radius 1 is 1.26 bits per heavy atom. The average molecular weight is 278 g/mol. The highest BCUT2D eigenvalue weighted by molar-refractivity contribution is 7.99. The summed E-state index contributed by atoms with van der Waals surface area (Å²) in [7, 11) is 1.95. The van der Waals surface area contributed by atoms with Crippen LogP contribution < -0.4 is 5.32 Å². The first-order valence-electron chi connectivity index (χ1n) is 6.23. The minimum atomic E-state index is 0.670. The Balaban J connectivity index is 2.20. The van der Waals surface area contributed by atoms with Gasteiger partial charge in [0.15, 0.2) is 5.16 Å². The lowest BCUT2D eigenvalue weighted by atomic mass is 10.4. The van der Waals surface area contributed by atoms with Gasteiger partial charge in [0.05, 0.1) is 0 Å². The van der Waals surface area contributed by atoms with Crippen LogP contribution in [0.4, 0.5) is 5.95 Å². The lowest BCUT2D eigenvalue weighted by molar-refractivity contribution is 0.764. The Bertz CT molecular complexity index is 565. The molecule has 19 heavy (non-hydrogen) atoms. The van der Waals surface area contributed by atoms with Crippen LogP contribution in [-0.2, 0) is 7.05 Å². The van der Waals surface area contributed by atoms with Crippen LogP contribution in [0.3, 0.4) is 0 Å². The van der Waals surface area contributed by atoms with Crippen molar-refractivity contribution in [3.05, 3.63) is 17.6 Å². The van der Waals surface area contributed by atoms with Crippen molar-refractivity contribution < 1.29 is 0 Å². The Morgan fingerprint density at radius 2 is 2.05 bits per heavy atom. The van der Waals surface area contributed by atoms with E-state index in [1.807, 2.05) is 31.5 Å². The van der Waals surface area contributed by atoms with Crippen LogP contribution >= 0.6 is 11.8 Å². The van der Waals surface area contributed by atoms with Crippen molar-refractivity contribution in [3.63, 3.8) is 0 Å². The van der Waals surface area contributed by atoms with E-state index in [0.717, 1.165) is 34.7 Å². The predicted octanol–water partition coefficient (Wildman–Crippen LogP) is 2.20. The summed E-state index contributed by atoms with van der Waals surface area (Å²) in [6.45, 7) is 6.87. The largest absolute Gasteiger partial charge is 0.354 e. The number of hydrogen-bond acceptors (Lipinski definition) is 6. The van der Waals surface area contributed by atoms with Crippen LogP contribution in [0.15, 0.2) is 16.2 Å². The molecule has 2 aromatic rings. The van der Waals surface area contributed by atoms with Crippen LogP contribution in [-0.4, -0.2) is 31.3 Å². The second-order valence-corrected chi connectivity index (χ2v) is 5.28. The summed E-state index contributed by atoms with van der Waals surface area (Å²) in [5.74, 6) is 1.56. The Kier molecular flexibility index (Phi) is 4.36. The molecule has 0 amide bonds. The van der Waals surface area contributed by atoms with Gasteiger partial charge in [0, 0.05) is 19.3 Å². The summed E-state index contributed by atoms with van der Waals surface area (Å²) < 4.78 is 1.95. The zero-order valence-corrected chi connectivity index (χ0v) is 12.5. The van der Waals surface area contributed by atoms with Gasteiger partial charge in [-0.3, -0.25) is 0 Å². The van der Waals surface area contributed by atoms with E-state index in [2.05, 4.69) is 32.4 Å². The minimum absolute atomic E-state index is 0.670. The highest BCUT2D eigenvalue weighted by Gasteiger charge is 2.09. The average Bonchev–Trinajstić information content (AvgIpc) is 2.68. The van der Waals surface area contributed by atoms with Gasteiger partial charge in [-0.05, 0) is 38.1 Å². The van der Waals surface area contributed by atoms with Crippen molar-refractivity contribution >= 4 is 17.7 Å². The number of nitrogens with one attached hydrogen (secondary N) is 1. The molecule has 102 valence electrons. The van der Waals surface area contributed by atoms with Crippen molar-refractivity contribution in [1.29, 1.82) is 0 Å². The van der Waals surface area contributed by atoms with Gasteiger partial charge in [0.2, 0.25) is 5.95 Å². The molecule has 0 fully saturated rings. The molecular formula is C12H18N6S. The molecule has 0 saturated heterocycles. The molecule has 1 N–H and O–H groups in total. The molecule has 0 radical (unpaired) electrons. The second-order valence-electron chi connectivity index (χ2n) is 4.29. The third-order valence-electron chi connectivity index (χ3n) is 2.61. The first-order valence-corrected chi connectivity index (χ1v) is 7.05. The fraction of sp³-hybridized carbons (Fsp3) is 0.500. The first kappa shape index (κ1) is 13.8. The fourth-order valence-corrected chi connectivity index (χ4v) is 2.38. The molecule has 6 nitrogen and oxygen atoms in total. The maximum absolute atomic E-state index is 4.48. The van der Waals surface area contributed by atoms with Gasteiger partial charge >= 0.3 is 0 Å². The van der Waals surface area contributed by atoms with Gasteiger partial charge < -0.3 is 9.88 Å². The lowest BCUT2D eigenvalue weighted by Gasteiger charge is -2.06. The zero-order chi connectivity index (χ0) is 13.8. The molecule has 0 saturated carbocycles. The maximum atomic E-state index is 4.48. The van der Waals surface area contributed by atoms with E-state index in [1.165, 1.54) is 11.8 Å². The van der Waals surface area contributed by atoms with Crippen molar-refractivity contribution in [1.82, 2.24) is 24.7 Å². The number of rotatable bonds is 5. The first-order chi connectivity index (χ1) is 9.10. The summed E-state index contributed by atoms with van der Waals surface area (Å²) in [6.07, 6.45) is 1.04. The SMILES string of the molecule is CCCNc1nc(C)cc(Sc2nnc(C)n2C)n1. The molecular weight excluding hydrogens is 260 g/mol. The highest BCUT2D eigenvalue weighted by atomic mass is 32.2. The molecule has 7 heteroatoms. The molecule has 0 aliphatic rings. The van der Waals surface area contributed by atoms with Gasteiger partial charge in [-0.1, -0.05) is 6.92 Å². The molecule has 0 spiro atoms. The molecule has 2 heterocycles. The van der Waals surface area contributed by atoms with E-state index in [1.54, 1.807) is 0 Å². The normalized spacial score (nSPS) is 10.7. The van der Waals surface area contributed by atoms with E-state index < -0.39 is 0 Å². The fourth-order valence-electron chi connectivity index (χ4n) is 1.48. The molecule has 2 rings (SSSR count). The van der Waals surface area contributed by atoms with Gasteiger partial charge in [0.1, 0.15) is 10.9 Å². The van der Waals surface area contributed by atoms with Crippen LogP contribution in [0, 0.1) is 13.8 Å². The van der Waals surface area contributed by atoms with Crippen molar-refractivity contribution in [2.24, 2.45) is 7.05 Å². The van der Waals surface area contributed by atoms with E-state index >= 15 is 0 Å². The zero-order valence-electron chi connectivity index (χ0n) is 11.6. The van der Waals surface area contributed by atoms with Crippen LogP contribution in [0.1, 0.15) is 24.9 Å². The third kappa shape index (κ3) is 3.44. The summed E-state index contributed by atoms with van der Waals surface area (Å²) in [5.41, 5.74) is 0.940. The monoisotopic (exact) mass is 278 g/mol. The Hall–Kier alpha value is -1.63. The summed E-state index contributed by atoms with van der Waals surface area (Å²) in [4.78, 5) is 8.84. The van der Waals surface area contributed by atoms with E-state index in [9.17, 15) is 0 Å². The molecule has 0 aliphatic carbocycles. The number of hydrogen-bond donors (Lipinski definition) is 1. The number of aryl methyl sites for hydroxylation is 2. The van der Waals surface area contributed by atoms with Crippen LogP contribution in [0.5, 0.6) is 0 Å². The third-order valence-corrected chi connectivity index (χ3v) is 3.57. The second kappa shape index (κ2) is 6.01. The van der Waals surface area contributed by atoms with Crippen LogP contribution in [0.2, 0.25) is 0 Å². The molecule has 0 unspecified atom stereocenters. The van der Waals surface area contributed by atoms with Crippen molar-refractivity contribution in [3.8, 4) is 0 Å². The van der Waals surface area contributed by atoms with Crippen molar-refractivity contribution in [2.45, 2.75) is 37.4 Å². The van der Waals surface area contributed by atoms with Crippen molar-refractivity contribution in [2.75, 3.05) is 11.9 Å². The van der Waals surface area contributed by atoms with E-state index in [-0.39, 0.29) is 0 Å². The molecule has 0 aliphatic heterocycles. The number of nitrogens with zero attached hydrogens (tertiary/aromatic N) is 5. The number of anilines is 1. The highest BCUT2D eigenvalue weighted by Crippen LogP contribution is 2.25. The van der Waals surface area contributed by atoms with Gasteiger partial charge in [-0.25, -0.2) is 9.97 Å². The quantitative estimate of drug-likeness (QED) is 0.846. The minimum Gasteiger partial charge on any atom is -0.354 e. The summed E-state index contributed by atoms with van der Waals surface area (Å²) in [6, 6.07) is 1.95. The topological polar surface area (TPSA) is 68.5 Å². The van der Waals surface area contributed by atoms with Gasteiger partial charge in [0.25, 0.3) is 0 Å². The predicted molar refractivity (Wildman–Crippen MR) is 75.4 cm³/mol. The number of aromatic nitrogens is 5. The summed E-state index contributed by atoms with van der Waals surface area (Å²) >= 11 is 1.50. The maximum Gasteiger partial charge on any atom is 0.223 e. The van der Waals surface area contributed by atoms with Gasteiger partial charge in [-0.15, -0.1) is 10.2 Å². The molecule has 0 bridgehead atoms. The smallest absolute Gasteiger partial charge is 0.223 e. The Labute approximate surface area is 117 Å². The molecule has 0 aromatic carbocycles. The van der Waals surface area contributed by atoms with Crippen LogP contribution in [0.25, 0.3) is 0 Å². The summed E-state index contributed by atoms with van der Waals surface area (Å²) in [5, 5.41) is 13.1. The lowest BCUT2D eigenvalue weighted by Crippen LogP contribution is -2.05. The van der Waals surface area contributed by atoms with E-state index in [4.69, 9.17) is 0 Å². The molecule has 2 aromatic heterocycles. The molecule has 0 atom stereocenters. The Morgan fingerprint density at radius 3 is 2.68 bits per heavy atom. The van der Waals surface area contributed by atoms with E-state index in [0.29, 0.717) is 5.95 Å².